The summed E-state index contributed by atoms with van der Waals surface area (Å²) in [6, 6.07) is 4.92. The SMILES string of the molecule is CC(C)N(CC(=O)O)C(=O)c1cccc(OC(F)F)c1. The molecule has 1 aromatic carbocycles. The Balaban J connectivity index is 2.96. The lowest BCUT2D eigenvalue weighted by atomic mass is 10.1. The number of rotatable bonds is 6. The zero-order valence-corrected chi connectivity index (χ0v) is 11.0. The van der Waals surface area contributed by atoms with Crippen LogP contribution in [0.3, 0.4) is 0 Å². The van der Waals surface area contributed by atoms with Gasteiger partial charge in [0.05, 0.1) is 0 Å². The summed E-state index contributed by atoms with van der Waals surface area (Å²) in [5.41, 5.74) is 0.0955. The number of carbonyl (C=O) groups excluding carboxylic acids is 1. The van der Waals surface area contributed by atoms with Crippen LogP contribution < -0.4 is 4.74 Å². The van der Waals surface area contributed by atoms with Crippen molar-refractivity contribution in [2.45, 2.75) is 26.5 Å². The topological polar surface area (TPSA) is 66.8 Å². The minimum Gasteiger partial charge on any atom is -0.480 e. The molecule has 0 radical (unpaired) electrons. The Morgan fingerprint density at radius 2 is 2.00 bits per heavy atom. The van der Waals surface area contributed by atoms with Crippen molar-refractivity contribution in [2.24, 2.45) is 0 Å². The standard InChI is InChI=1S/C13H15F2NO4/c1-8(2)16(7-11(17)18)12(19)9-4-3-5-10(6-9)20-13(14)15/h3-6,8,13H,7H2,1-2H3,(H,17,18). The molecule has 0 bridgehead atoms. The number of amides is 1. The molecule has 0 aliphatic rings. The van der Waals surface area contributed by atoms with Crippen molar-refractivity contribution in [1.29, 1.82) is 0 Å². The first-order valence-electron chi connectivity index (χ1n) is 5.89. The molecule has 20 heavy (non-hydrogen) atoms. The van der Waals surface area contributed by atoms with Crippen molar-refractivity contribution in [3.63, 3.8) is 0 Å². The zero-order chi connectivity index (χ0) is 15.3. The molecule has 0 aliphatic heterocycles. The van der Waals surface area contributed by atoms with E-state index in [1.165, 1.54) is 18.2 Å². The van der Waals surface area contributed by atoms with Gasteiger partial charge in [0, 0.05) is 11.6 Å². The molecule has 0 aliphatic carbocycles. The van der Waals surface area contributed by atoms with E-state index in [2.05, 4.69) is 4.74 Å². The average Bonchev–Trinajstić information content (AvgIpc) is 2.34. The van der Waals surface area contributed by atoms with Crippen LogP contribution >= 0.6 is 0 Å². The lowest BCUT2D eigenvalue weighted by Gasteiger charge is -2.25. The molecule has 1 aromatic rings. The predicted octanol–water partition coefficient (Wildman–Crippen LogP) is 2.22. The fourth-order valence-electron chi connectivity index (χ4n) is 1.61. The monoisotopic (exact) mass is 287 g/mol. The van der Waals surface area contributed by atoms with E-state index in [1.807, 2.05) is 0 Å². The fourth-order valence-corrected chi connectivity index (χ4v) is 1.61. The van der Waals surface area contributed by atoms with Gasteiger partial charge < -0.3 is 14.7 Å². The van der Waals surface area contributed by atoms with E-state index in [-0.39, 0.29) is 17.4 Å². The quantitative estimate of drug-likeness (QED) is 0.871. The summed E-state index contributed by atoms with van der Waals surface area (Å²) < 4.78 is 28.4. The highest BCUT2D eigenvalue weighted by atomic mass is 19.3. The van der Waals surface area contributed by atoms with Gasteiger partial charge in [-0.3, -0.25) is 9.59 Å². The molecule has 0 heterocycles. The van der Waals surface area contributed by atoms with Crippen molar-refractivity contribution in [2.75, 3.05) is 6.54 Å². The molecule has 7 heteroatoms. The van der Waals surface area contributed by atoms with Gasteiger partial charge in [-0.05, 0) is 32.0 Å². The number of carboxylic acids is 1. The predicted molar refractivity (Wildman–Crippen MR) is 66.9 cm³/mol. The maximum atomic E-state index is 12.2. The van der Waals surface area contributed by atoms with E-state index in [0.29, 0.717) is 0 Å². The number of alkyl halides is 2. The van der Waals surface area contributed by atoms with Gasteiger partial charge in [0.2, 0.25) is 0 Å². The summed E-state index contributed by atoms with van der Waals surface area (Å²) in [6.45, 7) is -0.113. The zero-order valence-electron chi connectivity index (χ0n) is 11.0. The second kappa shape index (κ2) is 6.83. The van der Waals surface area contributed by atoms with E-state index in [1.54, 1.807) is 13.8 Å². The number of aliphatic carboxylic acids is 1. The summed E-state index contributed by atoms with van der Waals surface area (Å²) in [5, 5.41) is 8.78. The van der Waals surface area contributed by atoms with Crippen LogP contribution in [0.25, 0.3) is 0 Å². The second-order valence-electron chi connectivity index (χ2n) is 4.33. The van der Waals surface area contributed by atoms with E-state index in [9.17, 15) is 18.4 Å². The molecule has 0 aromatic heterocycles. The molecule has 0 saturated carbocycles. The van der Waals surface area contributed by atoms with Crippen LogP contribution in [0.5, 0.6) is 5.75 Å². The summed E-state index contributed by atoms with van der Waals surface area (Å²) in [5.74, 6) is -1.85. The molecule has 1 N–H and O–H groups in total. The number of carboxylic acid groups (broad SMARTS) is 1. The Kier molecular flexibility index (Phi) is 5.42. The van der Waals surface area contributed by atoms with E-state index >= 15 is 0 Å². The Bertz CT molecular complexity index is 491. The second-order valence-corrected chi connectivity index (χ2v) is 4.33. The number of nitrogens with zero attached hydrogens (tertiary/aromatic N) is 1. The highest BCUT2D eigenvalue weighted by molar-refractivity contribution is 5.96. The summed E-state index contributed by atoms with van der Waals surface area (Å²) in [6.07, 6.45) is 0. The van der Waals surface area contributed by atoms with Crippen LogP contribution in [-0.4, -0.2) is 41.1 Å². The van der Waals surface area contributed by atoms with Crippen LogP contribution in [0.15, 0.2) is 24.3 Å². The molecule has 1 rings (SSSR count). The third-order valence-corrected chi connectivity index (χ3v) is 2.50. The molecule has 0 atom stereocenters. The third kappa shape index (κ3) is 4.49. The first-order valence-corrected chi connectivity index (χ1v) is 5.89. The molecule has 0 fully saturated rings. The highest BCUT2D eigenvalue weighted by Crippen LogP contribution is 2.18. The van der Waals surface area contributed by atoms with Crippen molar-refractivity contribution >= 4 is 11.9 Å². The van der Waals surface area contributed by atoms with Gasteiger partial charge in [0.15, 0.2) is 0 Å². The Morgan fingerprint density at radius 3 is 2.50 bits per heavy atom. The van der Waals surface area contributed by atoms with E-state index < -0.39 is 25.0 Å². The minimum absolute atomic E-state index is 0.0955. The van der Waals surface area contributed by atoms with Gasteiger partial charge in [0.1, 0.15) is 12.3 Å². The van der Waals surface area contributed by atoms with Crippen LogP contribution in [0.2, 0.25) is 0 Å². The van der Waals surface area contributed by atoms with Crippen LogP contribution in [0.1, 0.15) is 24.2 Å². The third-order valence-electron chi connectivity index (χ3n) is 2.50. The number of halogens is 2. The van der Waals surface area contributed by atoms with Crippen molar-refractivity contribution in [3.05, 3.63) is 29.8 Å². The van der Waals surface area contributed by atoms with Gasteiger partial charge >= 0.3 is 12.6 Å². The lowest BCUT2D eigenvalue weighted by molar-refractivity contribution is -0.138. The van der Waals surface area contributed by atoms with Crippen LogP contribution in [0, 0.1) is 0 Å². The normalized spacial score (nSPS) is 10.7. The largest absolute Gasteiger partial charge is 0.480 e. The van der Waals surface area contributed by atoms with Gasteiger partial charge in [-0.25, -0.2) is 0 Å². The van der Waals surface area contributed by atoms with E-state index in [0.717, 1.165) is 11.0 Å². The van der Waals surface area contributed by atoms with Gasteiger partial charge in [-0.2, -0.15) is 8.78 Å². The maximum Gasteiger partial charge on any atom is 0.387 e. The van der Waals surface area contributed by atoms with Crippen molar-refractivity contribution in [3.8, 4) is 5.75 Å². The fraction of sp³-hybridized carbons (Fsp3) is 0.385. The molecule has 110 valence electrons. The number of ether oxygens (including phenoxy) is 1. The Hall–Kier alpha value is -2.18. The van der Waals surface area contributed by atoms with Crippen LogP contribution in [-0.2, 0) is 4.79 Å². The molecular formula is C13H15F2NO4. The lowest BCUT2D eigenvalue weighted by Crippen LogP contribution is -2.40. The maximum absolute atomic E-state index is 12.2. The van der Waals surface area contributed by atoms with Gasteiger partial charge in [0.25, 0.3) is 5.91 Å². The Morgan fingerprint density at radius 1 is 1.35 bits per heavy atom. The minimum atomic E-state index is -2.99. The molecule has 1 amide bonds. The smallest absolute Gasteiger partial charge is 0.387 e. The van der Waals surface area contributed by atoms with Crippen LogP contribution in [0.4, 0.5) is 8.78 Å². The van der Waals surface area contributed by atoms with Crippen molar-refractivity contribution in [1.82, 2.24) is 4.90 Å². The molecule has 0 saturated heterocycles. The molecule has 5 nitrogen and oxygen atoms in total. The van der Waals surface area contributed by atoms with Crippen molar-refractivity contribution < 1.29 is 28.2 Å². The number of hydrogen-bond acceptors (Lipinski definition) is 3. The molecule has 0 unspecified atom stereocenters. The number of carbonyl (C=O) groups is 2. The first kappa shape index (κ1) is 15.9. The number of benzene rings is 1. The highest BCUT2D eigenvalue weighted by Gasteiger charge is 2.21. The van der Waals surface area contributed by atoms with Gasteiger partial charge in [-0.15, -0.1) is 0 Å². The summed E-state index contributed by atoms with van der Waals surface area (Å²) in [7, 11) is 0. The first-order chi connectivity index (χ1) is 9.31. The van der Waals surface area contributed by atoms with E-state index in [4.69, 9.17) is 5.11 Å². The average molecular weight is 287 g/mol. The molecule has 0 spiro atoms. The summed E-state index contributed by atoms with van der Waals surface area (Å²) in [4.78, 5) is 24.1. The van der Waals surface area contributed by atoms with Gasteiger partial charge in [-0.1, -0.05) is 6.07 Å². The number of hydrogen-bond donors (Lipinski definition) is 1. The Labute approximate surface area is 114 Å². The molecular weight excluding hydrogens is 272 g/mol. The summed E-state index contributed by atoms with van der Waals surface area (Å²) >= 11 is 0.